The second-order valence-corrected chi connectivity index (χ2v) is 8.53. The SMILES string of the molecule is Cc1nc2ccc(NC3CCC(C(C)CO)CC3)nn2c1-c1cccc(C(F)(F)F)c1. The zero-order chi connectivity index (χ0) is 22.2. The number of alkyl halides is 3. The highest BCUT2D eigenvalue weighted by Gasteiger charge is 2.31. The van der Waals surface area contributed by atoms with Gasteiger partial charge in [-0.25, -0.2) is 9.50 Å². The Morgan fingerprint density at radius 2 is 1.90 bits per heavy atom. The van der Waals surface area contributed by atoms with Gasteiger partial charge < -0.3 is 10.4 Å². The largest absolute Gasteiger partial charge is 0.416 e. The molecule has 166 valence electrons. The van der Waals surface area contributed by atoms with E-state index in [0.717, 1.165) is 37.8 Å². The summed E-state index contributed by atoms with van der Waals surface area (Å²) in [7, 11) is 0. The van der Waals surface area contributed by atoms with E-state index in [-0.39, 0.29) is 12.6 Å². The maximum absolute atomic E-state index is 13.2. The van der Waals surface area contributed by atoms with Crippen LogP contribution in [0.3, 0.4) is 0 Å². The van der Waals surface area contributed by atoms with Crippen LogP contribution in [-0.2, 0) is 6.18 Å². The van der Waals surface area contributed by atoms with Gasteiger partial charge in [-0.05, 0) is 68.7 Å². The van der Waals surface area contributed by atoms with Crippen LogP contribution in [-0.4, -0.2) is 32.4 Å². The van der Waals surface area contributed by atoms with E-state index in [1.165, 1.54) is 6.07 Å². The van der Waals surface area contributed by atoms with Gasteiger partial charge in [0.05, 0.1) is 17.0 Å². The van der Waals surface area contributed by atoms with Crippen LogP contribution in [0.5, 0.6) is 0 Å². The Morgan fingerprint density at radius 3 is 2.58 bits per heavy atom. The minimum absolute atomic E-state index is 0.222. The molecule has 0 spiro atoms. The Kier molecular flexibility index (Phi) is 5.92. The Balaban J connectivity index is 1.59. The molecular formula is C23H27F3N4O. The van der Waals surface area contributed by atoms with Crippen LogP contribution >= 0.6 is 0 Å². The molecular weight excluding hydrogens is 405 g/mol. The molecule has 1 atom stereocenters. The number of imidazole rings is 1. The van der Waals surface area contributed by atoms with Crippen molar-refractivity contribution < 1.29 is 18.3 Å². The first-order chi connectivity index (χ1) is 14.8. The van der Waals surface area contributed by atoms with Crippen molar-refractivity contribution >= 4 is 11.5 Å². The quantitative estimate of drug-likeness (QED) is 0.573. The average molecular weight is 432 g/mol. The van der Waals surface area contributed by atoms with Crippen molar-refractivity contribution in [1.82, 2.24) is 14.6 Å². The van der Waals surface area contributed by atoms with E-state index in [4.69, 9.17) is 0 Å². The molecule has 3 aromatic rings. The number of nitrogens with zero attached hydrogens (tertiary/aromatic N) is 3. The van der Waals surface area contributed by atoms with Crippen molar-refractivity contribution in [1.29, 1.82) is 0 Å². The number of benzene rings is 1. The molecule has 4 rings (SSSR count). The summed E-state index contributed by atoms with van der Waals surface area (Å²) in [5, 5.41) is 17.5. The number of fused-ring (bicyclic) bond motifs is 1. The van der Waals surface area contributed by atoms with Gasteiger partial charge in [0.1, 0.15) is 5.82 Å². The minimum atomic E-state index is -4.41. The third-order valence-corrected chi connectivity index (χ3v) is 6.33. The molecule has 0 saturated heterocycles. The molecule has 1 unspecified atom stereocenters. The molecule has 2 heterocycles. The van der Waals surface area contributed by atoms with Gasteiger partial charge in [0.25, 0.3) is 0 Å². The number of aryl methyl sites for hydroxylation is 1. The summed E-state index contributed by atoms with van der Waals surface area (Å²) in [5.41, 5.74) is 1.52. The van der Waals surface area contributed by atoms with Gasteiger partial charge in [0.2, 0.25) is 0 Å². The normalized spacial score (nSPS) is 20.7. The predicted molar refractivity (Wildman–Crippen MR) is 114 cm³/mol. The van der Waals surface area contributed by atoms with Crippen molar-refractivity contribution in [2.45, 2.75) is 51.7 Å². The Morgan fingerprint density at radius 1 is 1.16 bits per heavy atom. The summed E-state index contributed by atoms with van der Waals surface area (Å²) in [4.78, 5) is 4.48. The van der Waals surface area contributed by atoms with E-state index in [1.54, 1.807) is 17.5 Å². The minimum Gasteiger partial charge on any atom is -0.396 e. The van der Waals surface area contributed by atoms with Gasteiger partial charge in [0.15, 0.2) is 5.65 Å². The van der Waals surface area contributed by atoms with Crippen molar-refractivity contribution in [2.24, 2.45) is 11.8 Å². The first-order valence-corrected chi connectivity index (χ1v) is 10.7. The smallest absolute Gasteiger partial charge is 0.396 e. The molecule has 1 saturated carbocycles. The van der Waals surface area contributed by atoms with Crippen LogP contribution in [0.25, 0.3) is 16.9 Å². The number of hydrogen-bond donors (Lipinski definition) is 2. The van der Waals surface area contributed by atoms with Gasteiger partial charge >= 0.3 is 6.18 Å². The molecule has 2 aromatic heterocycles. The fraction of sp³-hybridized carbons (Fsp3) is 0.478. The second kappa shape index (κ2) is 8.49. The molecule has 1 aliphatic carbocycles. The van der Waals surface area contributed by atoms with Gasteiger partial charge in [-0.1, -0.05) is 19.1 Å². The fourth-order valence-corrected chi connectivity index (χ4v) is 4.49. The van der Waals surface area contributed by atoms with Crippen molar-refractivity contribution in [3.05, 3.63) is 47.7 Å². The Labute approximate surface area is 179 Å². The highest BCUT2D eigenvalue weighted by atomic mass is 19.4. The van der Waals surface area contributed by atoms with Crippen LogP contribution in [0.15, 0.2) is 36.4 Å². The van der Waals surface area contributed by atoms with Crippen molar-refractivity contribution in [2.75, 3.05) is 11.9 Å². The van der Waals surface area contributed by atoms with E-state index >= 15 is 0 Å². The van der Waals surface area contributed by atoms with Gasteiger partial charge in [-0.15, -0.1) is 5.10 Å². The maximum atomic E-state index is 13.2. The highest BCUT2D eigenvalue weighted by molar-refractivity contribution is 5.67. The number of rotatable bonds is 5. The zero-order valence-electron chi connectivity index (χ0n) is 17.7. The van der Waals surface area contributed by atoms with Crippen molar-refractivity contribution in [3.8, 4) is 11.3 Å². The lowest BCUT2D eigenvalue weighted by Gasteiger charge is -2.32. The fourth-order valence-electron chi connectivity index (χ4n) is 4.49. The lowest BCUT2D eigenvalue weighted by atomic mass is 9.79. The van der Waals surface area contributed by atoms with E-state index in [2.05, 4.69) is 22.3 Å². The van der Waals surface area contributed by atoms with Gasteiger partial charge in [-0.2, -0.15) is 13.2 Å². The number of halogens is 3. The molecule has 1 aliphatic rings. The molecule has 2 N–H and O–H groups in total. The van der Waals surface area contributed by atoms with Crippen LogP contribution in [0, 0.1) is 18.8 Å². The first-order valence-electron chi connectivity index (χ1n) is 10.7. The number of nitrogens with one attached hydrogen (secondary N) is 1. The Hall–Kier alpha value is -2.61. The van der Waals surface area contributed by atoms with E-state index < -0.39 is 11.7 Å². The maximum Gasteiger partial charge on any atom is 0.416 e. The molecule has 5 nitrogen and oxygen atoms in total. The third kappa shape index (κ3) is 4.54. The molecule has 0 bridgehead atoms. The van der Waals surface area contributed by atoms with Crippen molar-refractivity contribution in [3.63, 3.8) is 0 Å². The van der Waals surface area contributed by atoms with Gasteiger partial charge in [-0.3, -0.25) is 0 Å². The van der Waals surface area contributed by atoms with E-state index in [0.29, 0.717) is 40.3 Å². The number of anilines is 1. The standard InChI is InChI=1S/C23H27F3N4O/c1-14(13-31)16-6-8-19(9-7-16)28-20-10-11-21-27-15(2)22(30(21)29-20)17-4-3-5-18(12-17)23(24,25)26/h3-5,10-12,14,16,19,31H,6-9,13H2,1-2H3,(H,28,29). The molecule has 0 amide bonds. The molecule has 31 heavy (non-hydrogen) atoms. The van der Waals surface area contributed by atoms with Crippen LogP contribution < -0.4 is 5.32 Å². The number of hydrogen-bond acceptors (Lipinski definition) is 4. The summed E-state index contributed by atoms with van der Waals surface area (Å²) in [6.45, 7) is 4.09. The summed E-state index contributed by atoms with van der Waals surface area (Å²) in [6, 6.07) is 9.24. The predicted octanol–water partition coefficient (Wildman–Crippen LogP) is 5.32. The summed E-state index contributed by atoms with van der Waals surface area (Å²) < 4.78 is 41.2. The number of aliphatic hydroxyl groups excluding tert-OH is 1. The van der Waals surface area contributed by atoms with Gasteiger partial charge in [0, 0.05) is 18.2 Å². The molecule has 1 aromatic carbocycles. The topological polar surface area (TPSA) is 62.5 Å². The second-order valence-electron chi connectivity index (χ2n) is 8.53. The van der Waals surface area contributed by atoms with Crippen LogP contribution in [0.4, 0.5) is 19.0 Å². The summed E-state index contributed by atoms with van der Waals surface area (Å²) in [6.07, 6.45) is -0.296. The lowest BCUT2D eigenvalue weighted by molar-refractivity contribution is -0.137. The summed E-state index contributed by atoms with van der Waals surface area (Å²) in [5.74, 6) is 1.54. The highest BCUT2D eigenvalue weighted by Crippen LogP contribution is 2.34. The third-order valence-electron chi connectivity index (χ3n) is 6.33. The summed E-state index contributed by atoms with van der Waals surface area (Å²) >= 11 is 0. The Bertz CT molecular complexity index is 1050. The monoisotopic (exact) mass is 432 g/mol. The molecule has 1 fully saturated rings. The number of aliphatic hydroxyl groups is 1. The van der Waals surface area contributed by atoms with E-state index in [9.17, 15) is 18.3 Å². The number of aromatic nitrogens is 3. The lowest BCUT2D eigenvalue weighted by Crippen LogP contribution is -2.29. The van der Waals surface area contributed by atoms with Crippen LogP contribution in [0.1, 0.15) is 43.9 Å². The molecule has 0 aliphatic heterocycles. The van der Waals surface area contributed by atoms with Crippen LogP contribution in [0.2, 0.25) is 0 Å². The first kappa shape index (κ1) is 21.6. The van der Waals surface area contributed by atoms with E-state index in [1.807, 2.05) is 12.1 Å². The molecule has 8 heteroatoms. The zero-order valence-corrected chi connectivity index (χ0v) is 17.7. The molecule has 0 radical (unpaired) electrons. The average Bonchev–Trinajstić information content (AvgIpc) is 3.08.